The van der Waals surface area contributed by atoms with E-state index in [4.69, 9.17) is 4.74 Å². The zero-order chi connectivity index (χ0) is 10.5. The highest BCUT2D eigenvalue weighted by molar-refractivity contribution is 4.82. The molecule has 1 unspecified atom stereocenters. The molecule has 0 spiro atoms. The van der Waals surface area contributed by atoms with Crippen LogP contribution in [0, 0.1) is 0 Å². The van der Waals surface area contributed by atoms with Crippen molar-refractivity contribution in [3.8, 4) is 0 Å². The van der Waals surface area contributed by atoms with Crippen molar-refractivity contribution in [2.24, 2.45) is 0 Å². The summed E-state index contributed by atoms with van der Waals surface area (Å²) in [6, 6.07) is 0.867. The molecule has 2 fully saturated rings. The summed E-state index contributed by atoms with van der Waals surface area (Å²) in [4.78, 5) is 2.66. The Morgan fingerprint density at radius 2 is 2.13 bits per heavy atom. The van der Waals surface area contributed by atoms with Gasteiger partial charge in [-0.05, 0) is 32.9 Å². The van der Waals surface area contributed by atoms with Crippen LogP contribution in [-0.2, 0) is 4.74 Å². The average Bonchev–Trinajstić information content (AvgIpc) is 2.80. The molecule has 88 valence electrons. The first-order chi connectivity index (χ1) is 7.40. The van der Waals surface area contributed by atoms with Gasteiger partial charge in [-0.15, -0.1) is 0 Å². The average molecular weight is 212 g/mol. The highest BCUT2D eigenvalue weighted by Crippen LogP contribution is 2.25. The molecule has 2 rings (SSSR count). The molecule has 1 aliphatic carbocycles. The monoisotopic (exact) mass is 212 g/mol. The number of hydrogen-bond acceptors (Lipinski definition) is 3. The minimum atomic E-state index is 0.465. The molecule has 0 aromatic rings. The number of nitrogens with one attached hydrogen (secondary N) is 1. The van der Waals surface area contributed by atoms with Crippen molar-refractivity contribution in [2.75, 3.05) is 33.3 Å². The summed E-state index contributed by atoms with van der Waals surface area (Å²) in [5.41, 5.74) is 0. The Labute approximate surface area is 93.2 Å². The summed E-state index contributed by atoms with van der Waals surface area (Å²) < 4.78 is 5.79. The molecule has 15 heavy (non-hydrogen) atoms. The Bertz CT molecular complexity index is 180. The molecule has 0 aromatic carbocycles. The van der Waals surface area contributed by atoms with Gasteiger partial charge in [0.2, 0.25) is 0 Å². The van der Waals surface area contributed by atoms with Crippen molar-refractivity contribution in [1.82, 2.24) is 10.2 Å². The lowest BCUT2D eigenvalue weighted by Gasteiger charge is -2.36. The molecule has 3 nitrogen and oxygen atoms in total. The first-order valence-corrected chi connectivity index (χ1v) is 6.40. The van der Waals surface area contributed by atoms with Gasteiger partial charge in [0, 0.05) is 19.1 Å². The fourth-order valence-electron chi connectivity index (χ4n) is 2.82. The Morgan fingerprint density at radius 1 is 1.33 bits per heavy atom. The second kappa shape index (κ2) is 5.83. The second-order valence-electron chi connectivity index (χ2n) is 4.82. The Kier molecular flexibility index (Phi) is 4.42. The van der Waals surface area contributed by atoms with Crippen LogP contribution in [0.2, 0.25) is 0 Å². The zero-order valence-corrected chi connectivity index (χ0v) is 9.87. The van der Waals surface area contributed by atoms with Crippen LogP contribution >= 0.6 is 0 Å². The summed E-state index contributed by atoms with van der Waals surface area (Å²) >= 11 is 0. The van der Waals surface area contributed by atoms with Crippen molar-refractivity contribution in [1.29, 1.82) is 0 Å². The molecule has 1 atom stereocenters. The molecule has 1 aliphatic heterocycles. The van der Waals surface area contributed by atoms with Gasteiger partial charge < -0.3 is 10.1 Å². The van der Waals surface area contributed by atoms with E-state index in [1.54, 1.807) is 0 Å². The molecule has 1 saturated carbocycles. The molecule has 1 saturated heterocycles. The maximum absolute atomic E-state index is 5.79. The molecule has 0 radical (unpaired) electrons. The lowest BCUT2D eigenvalue weighted by molar-refractivity contribution is -0.0450. The Balaban J connectivity index is 1.75. The standard InChI is InChI=1S/C12H24N2O/c1-13-7-6-12-10-14(8-9-15-12)11-4-2-3-5-11/h11-13H,2-10H2,1H3. The quantitative estimate of drug-likeness (QED) is 0.759. The van der Waals surface area contributed by atoms with E-state index >= 15 is 0 Å². The maximum Gasteiger partial charge on any atom is 0.0714 e. The van der Waals surface area contributed by atoms with E-state index in [-0.39, 0.29) is 0 Å². The summed E-state index contributed by atoms with van der Waals surface area (Å²) in [6.07, 6.45) is 7.32. The van der Waals surface area contributed by atoms with Gasteiger partial charge in [0.15, 0.2) is 0 Å². The summed E-state index contributed by atoms with van der Waals surface area (Å²) in [5.74, 6) is 0. The zero-order valence-electron chi connectivity index (χ0n) is 9.87. The van der Waals surface area contributed by atoms with Crippen molar-refractivity contribution in [2.45, 2.75) is 44.2 Å². The summed E-state index contributed by atoms with van der Waals surface area (Å²) in [5, 5.41) is 3.20. The molecular weight excluding hydrogens is 188 g/mol. The predicted octanol–water partition coefficient (Wildman–Crippen LogP) is 1.24. The van der Waals surface area contributed by atoms with E-state index in [1.807, 2.05) is 7.05 Å². The topological polar surface area (TPSA) is 24.5 Å². The van der Waals surface area contributed by atoms with Crippen LogP contribution in [0.15, 0.2) is 0 Å². The minimum Gasteiger partial charge on any atom is -0.376 e. The van der Waals surface area contributed by atoms with Crippen LogP contribution in [0.3, 0.4) is 0 Å². The molecular formula is C12H24N2O. The SMILES string of the molecule is CNCCC1CN(C2CCCC2)CCO1. The van der Waals surface area contributed by atoms with Gasteiger partial charge in [-0.3, -0.25) is 4.90 Å². The first-order valence-electron chi connectivity index (χ1n) is 6.40. The van der Waals surface area contributed by atoms with Crippen molar-refractivity contribution < 1.29 is 4.74 Å². The van der Waals surface area contributed by atoms with Crippen LogP contribution in [0.1, 0.15) is 32.1 Å². The predicted molar refractivity (Wildman–Crippen MR) is 62.1 cm³/mol. The van der Waals surface area contributed by atoms with E-state index in [9.17, 15) is 0 Å². The van der Waals surface area contributed by atoms with Crippen molar-refractivity contribution >= 4 is 0 Å². The van der Waals surface area contributed by atoms with E-state index in [1.165, 1.54) is 25.7 Å². The van der Waals surface area contributed by atoms with E-state index in [0.717, 1.165) is 38.7 Å². The number of hydrogen-bond donors (Lipinski definition) is 1. The summed E-state index contributed by atoms with van der Waals surface area (Å²) in [7, 11) is 2.01. The van der Waals surface area contributed by atoms with Crippen molar-refractivity contribution in [3.05, 3.63) is 0 Å². The molecule has 1 N–H and O–H groups in total. The van der Waals surface area contributed by atoms with Crippen LogP contribution in [0.4, 0.5) is 0 Å². The molecule has 3 heteroatoms. The van der Waals surface area contributed by atoms with Gasteiger partial charge >= 0.3 is 0 Å². The highest BCUT2D eigenvalue weighted by atomic mass is 16.5. The maximum atomic E-state index is 5.79. The smallest absolute Gasteiger partial charge is 0.0714 e. The lowest BCUT2D eigenvalue weighted by Crippen LogP contribution is -2.47. The van der Waals surface area contributed by atoms with Gasteiger partial charge in [-0.25, -0.2) is 0 Å². The molecule has 0 aromatic heterocycles. The van der Waals surface area contributed by atoms with Gasteiger partial charge in [0.05, 0.1) is 12.7 Å². The number of rotatable bonds is 4. The van der Waals surface area contributed by atoms with E-state index in [2.05, 4.69) is 10.2 Å². The fraction of sp³-hybridized carbons (Fsp3) is 1.00. The number of nitrogens with zero attached hydrogens (tertiary/aromatic N) is 1. The summed E-state index contributed by atoms with van der Waals surface area (Å²) in [6.45, 7) is 4.32. The third-order valence-corrected chi connectivity index (χ3v) is 3.73. The van der Waals surface area contributed by atoms with Gasteiger partial charge in [-0.2, -0.15) is 0 Å². The molecule has 0 amide bonds. The number of ether oxygens (including phenoxy) is 1. The third kappa shape index (κ3) is 3.16. The van der Waals surface area contributed by atoms with E-state index in [0.29, 0.717) is 6.10 Å². The van der Waals surface area contributed by atoms with Crippen LogP contribution < -0.4 is 5.32 Å². The minimum absolute atomic E-state index is 0.465. The highest BCUT2D eigenvalue weighted by Gasteiger charge is 2.27. The lowest BCUT2D eigenvalue weighted by atomic mass is 10.1. The van der Waals surface area contributed by atoms with Gasteiger partial charge in [0.25, 0.3) is 0 Å². The van der Waals surface area contributed by atoms with Gasteiger partial charge in [-0.1, -0.05) is 12.8 Å². The normalized spacial score (nSPS) is 29.8. The van der Waals surface area contributed by atoms with E-state index < -0.39 is 0 Å². The fourth-order valence-corrected chi connectivity index (χ4v) is 2.82. The number of morpholine rings is 1. The molecule has 2 aliphatic rings. The second-order valence-corrected chi connectivity index (χ2v) is 4.82. The molecule has 0 bridgehead atoms. The van der Waals surface area contributed by atoms with Crippen LogP contribution in [0.5, 0.6) is 0 Å². The Morgan fingerprint density at radius 3 is 2.87 bits per heavy atom. The first kappa shape index (κ1) is 11.4. The Hall–Kier alpha value is -0.120. The third-order valence-electron chi connectivity index (χ3n) is 3.73. The van der Waals surface area contributed by atoms with Crippen LogP contribution in [-0.4, -0.2) is 50.3 Å². The van der Waals surface area contributed by atoms with Gasteiger partial charge in [0.1, 0.15) is 0 Å². The molecule has 1 heterocycles. The van der Waals surface area contributed by atoms with Crippen LogP contribution in [0.25, 0.3) is 0 Å². The largest absolute Gasteiger partial charge is 0.376 e. The van der Waals surface area contributed by atoms with Crippen molar-refractivity contribution in [3.63, 3.8) is 0 Å².